The zero-order valence-corrected chi connectivity index (χ0v) is 17.3. The number of nitrogens with zero attached hydrogens (tertiary/aromatic N) is 2. The third kappa shape index (κ3) is 3.80. The van der Waals surface area contributed by atoms with Crippen molar-refractivity contribution >= 4 is 10.0 Å². The molecule has 2 atom stereocenters. The van der Waals surface area contributed by atoms with Crippen molar-refractivity contribution in [2.24, 2.45) is 5.92 Å². The van der Waals surface area contributed by atoms with Gasteiger partial charge in [-0.25, -0.2) is 8.42 Å². The zero-order chi connectivity index (χ0) is 19.8. The van der Waals surface area contributed by atoms with Gasteiger partial charge in [0.05, 0.1) is 23.0 Å². The lowest BCUT2D eigenvalue weighted by atomic mass is 9.89. The Bertz CT molecular complexity index is 778. The maximum Gasteiger partial charge on any atom is 0.243 e. The van der Waals surface area contributed by atoms with Crippen molar-refractivity contribution in [1.82, 2.24) is 4.31 Å². The summed E-state index contributed by atoms with van der Waals surface area (Å²) in [4.78, 5) is 0.359. The van der Waals surface area contributed by atoms with E-state index in [2.05, 4.69) is 13.8 Å². The van der Waals surface area contributed by atoms with Gasteiger partial charge in [-0.3, -0.25) is 0 Å². The average Bonchev–Trinajstić information content (AvgIpc) is 2.95. The first-order chi connectivity index (χ1) is 12.0. The summed E-state index contributed by atoms with van der Waals surface area (Å²) in [6.45, 7) is 12.2. The maximum atomic E-state index is 13.5. The molecule has 0 bridgehead atoms. The molecule has 1 aromatic carbocycles. The van der Waals surface area contributed by atoms with E-state index in [1.165, 1.54) is 4.31 Å². The molecule has 5 nitrogen and oxygen atoms in total. The van der Waals surface area contributed by atoms with Gasteiger partial charge in [-0.15, -0.1) is 0 Å². The molecule has 1 aliphatic rings. The first-order valence-corrected chi connectivity index (χ1v) is 10.7. The Morgan fingerprint density at radius 1 is 1.04 bits per heavy atom. The minimum absolute atomic E-state index is 0.0262. The van der Waals surface area contributed by atoms with Gasteiger partial charge in [0.15, 0.2) is 0 Å². The maximum absolute atomic E-state index is 13.5. The van der Waals surface area contributed by atoms with Crippen LogP contribution in [0, 0.1) is 17.2 Å². The summed E-state index contributed by atoms with van der Waals surface area (Å²) in [5.74, 6) is -0.270. The fourth-order valence-electron chi connectivity index (χ4n) is 3.39. The lowest BCUT2D eigenvalue weighted by molar-refractivity contribution is 0.166. The van der Waals surface area contributed by atoms with Crippen molar-refractivity contribution in [3.63, 3.8) is 0 Å². The Balaban J connectivity index is 2.69. The van der Waals surface area contributed by atoms with Crippen LogP contribution in [0.15, 0.2) is 17.0 Å². The minimum atomic E-state index is -3.79. The van der Waals surface area contributed by atoms with Crippen LogP contribution in [0.2, 0.25) is 0 Å². The molecule has 6 heteroatoms. The second-order valence-corrected chi connectivity index (χ2v) is 9.99. The molecule has 144 valence electrons. The predicted molar refractivity (Wildman–Crippen MR) is 103 cm³/mol. The lowest BCUT2D eigenvalue weighted by Gasteiger charge is -2.26. The smallest absolute Gasteiger partial charge is 0.243 e. The number of aliphatic hydroxyl groups is 1. The summed E-state index contributed by atoms with van der Waals surface area (Å²) >= 11 is 0. The standard InChI is InChI=1S/C20H30N2O3S/c1-12(2)15-7-17(13(3)4)20(18(8-15)14(5)6)26(24,25)22-10-16(9-21)19(23)11-22/h7-8,12-14,16,19,23H,10-11H2,1-6H3/t16-,19-/m1/s1. The Morgan fingerprint density at radius 3 is 1.88 bits per heavy atom. The molecular formula is C20H30N2O3S. The van der Waals surface area contributed by atoms with Crippen molar-refractivity contribution in [2.75, 3.05) is 13.1 Å². The number of benzene rings is 1. The molecule has 1 fully saturated rings. The molecule has 0 aliphatic carbocycles. The van der Waals surface area contributed by atoms with E-state index in [4.69, 9.17) is 5.26 Å². The Kier molecular flexibility index (Phi) is 6.17. The first kappa shape index (κ1) is 20.9. The Labute approximate surface area is 157 Å². The molecule has 1 saturated heterocycles. The average molecular weight is 379 g/mol. The molecule has 26 heavy (non-hydrogen) atoms. The van der Waals surface area contributed by atoms with Crippen molar-refractivity contribution < 1.29 is 13.5 Å². The Morgan fingerprint density at radius 2 is 1.54 bits per heavy atom. The number of rotatable bonds is 5. The molecule has 0 radical (unpaired) electrons. The predicted octanol–water partition coefficient (Wildman–Crippen LogP) is 3.56. The minimum Gasteiger partial charge on any atom is -0.390 e. The molecule has 1 aliphatic heterocycles. The highest BCUT2D eigenvalue weighted by Gasteiger charge is 2.40. The van der Waals surface area contributed by atoms with E-state index in [-0.39, 0.29) is 24.9 Å². The summed E-state index contributed by atoms with van der Waals surface area (Å²) in [6.07, 6.45) is -0.935. The third-order valence-electron chi connectivity index (χ3n) is 5.10. The summed E-state index contributed by atoms with van der Waals surface area (Å²) in [5, 5.41) is 19.2. The van der Waals surface area contributed by atoms with Crippen LogP contribution in [0.4, 0.5) is 0 Å². The molecule has 0 saturated carbocycles. The zero-order valence-electron chi connectivity index (χ0n) is 16.5. The third-order valence-corrected chi connectivity index (χ3v) is 7.06. The normalized spacial score (nSPS) is 21.7. The summed E-state index contributed by atoms with van der Waals surface area (Å²) in [5.41, 5.74) is 2.76. The number of hydrogen-bond acceptors (Lipinski definition) is 4. The van der Waals surface area contributed by atoms with Crippen molar-refractivity contribution in [3.8, 4) is 6.07 Å². The molecule has 0 amide bonds. The highest BCUT2D eigenvalue weighted by Crippen LogP contribution is 2.37. The lowest BCUT2D eigenvalue weighted by Crippen LogP contribution is -2.31. The van der Waals surface area contributed by atoms with Gasteiger partial charge in [0.2, 0.25) is 10.0 Å². The van der Waals surface area contributed by atoms with Crippen LogP contribution in [0.3, 0.4) is 0 Å². The second kappa shape index (κ2) is 7.67. The quantitative estimate of drug-likeness (QED) is 0.849. The van der Waals surface area contributed by atoms with Crippen molar-refractivity contribution in [3.05, 3.63) is 28.8 Å². The molecule has 0 aromatic heterocycles. The van der Waals surface area contributed by atoms with E-state index in [0.717, 1.165) is 16.7 Å². The van der Waals surface area contributed by atoms with E-state index in [0.29, 0.717) is 10.8 Å². The number of sulfonamides is 1. The van der Waals surface area contributed by atoms with Crippen LogP contribution in [-0.4, -0.2) is 37.0 Å². The molecule has 1 aromatic rings. The van der Waals surface area contributed by atoms with Gasteiger partial charge in [0, 0.05) is 13.1 Å². The number of hydrogen-bond donors (Lipinski definition) is 1. The van der Waals surface area contributed by atoms with Gasteiger partial charge < -0.3 is 5.11 Å². The van der Waals surface area contributed by atoms with Gasteiger partial charge >= 0.3 is 0 Å². The summed E-state index contributed by atoms with van der Waals surface area (Å²) in [7, 11) is -3.79. The number of aliphatic hydroxyl groups excluding tert-OH is 1. The summed E-state index contributed by atoms with van der Waals surface area (Å²) < 4.78 is 28.2. The van der Waals surface area contributed by atoms with Gasteiger partial charge in [-0.1, -0.05) is 53.7 Å². The fraction of sp³-hybridized carbons (Fsp3) is 0.650. The van der Waals surface area contributed by atoms with Crippen LogP contribution in [0.5, 0.6) is 0 Å². The molecular weight excluding hydrogens is 348 g/mol. The van der Waals surface area contributed by atoms with Gasteiger partial charge in [0.1, 0.15) is 0 Å². The van der Waals surface area contributed by atoms with Gasteiger partial charge in [0.25, 0.3) is 0 Å². The van der Waals surface area contributed by atoms with E-state index >= 15 is 0 Å². The molecule has 0 spiro atoms. The Hall–Kier alpha value is -1.42. The van der Waals surface area contributed by atoms with Crippen LogP contribution >= 0.6 is 0 Å². The van der Waals surface area contributed by atoms with Crippen LogP contribution in [-0.2, 0) is 10.0 Å². The van der Waals surface area contributed by atoms with Gasteiger partial charge in [-0.2, -0.15) is 9.57 Å². The highest BCUT2D eigenvalue weighted by atomic mass is 32.2. The van der Waals surface area contributed by atoms with Crippen LogP contribution in [0.25, 0.3) is 0 Å². The second-order valence-electron chi connectivity index (χ2n) is 8.12. The monoisotopic (exact) mass is 378 g/mol. The molecule has 0 unspecified atom stereocenters. The largest absolute Gasteiger partial charge is 0.390 e. The van der Waals surface area contributed by atoms with E-state index in [9.17, 15) is 13.5 Å². The summed E-state index contributed by atoms with van der Waals surface area (Å²) in [6, 6.07) is 6.01. The molecule has 1 N–H and O–H groups in total. The van der Waals surface area contributed by atoms with E-state index in [1.807, 2.05) is 45.9 Å². The fourth-order valence-corrected chi connectivity index (χ4v) is 5.54. The molecule has 2 rings (SSSR count). The van der Waals surface area contributed by atoms with Crippen LogP contribution in [0.1, 0.15) is 76.0 Å². The number of β-amino-alcohol motifs (C(OH)–C–C–N with tert-alkyl or cyclic N) is 1. The van der Waals surface area contributed by atoms with E-state index < -0.39 is 22.0 Å². The topological polar surface area (TPSA) is 81.4 Å². The van der Waals surface area contributed by atoms with Crippen LogP contribution < -0.4 is 0 Å². The van der Waals surface area contributed by atoms with E-state index in [1.54, 1.807) is 0 Å². The highest BCUT2D eigenvalue weighted by molar-refractivity contribution is 7.89. The first-order valence-electron chi connectivity index (χ1n) is 9.26. The SMILES string of the molecule is CC(C)c1cc(C(C)C)c(S(=O)(=O)N2C[C@@H](O)[C@H](C#N)C2)c(C(C)C)c1. The van der Waals surface area contributed by atoms with Crippen molar-refractivity contribution in [1.29, 1.82) is 5.26 Å². The number of nitriles is 1. The molecule has 1 heterocycles. The van der Waals surface area contributed by atoms with Gasteiger partial charge in [-0.05, 0) is 34.4 Å². The van der Waals surface area contributed by atoms with Crippen molar-refractivity contribution in [2.45, 2.75) is 70.3 Å².